The lowest BCUT2D eigenvalue weighted by Gasteiger charge is -2.36. The number of rotatable bonds is 7. The zero-order valence-corrected chi connectivity index (χ0v) is 15.8. The first-order valence-electron chi connectivity index (χ1n) is 8.58. The molecule has 0 aromatic rings. The third-order valence-corrected chi connectivity index (χ3v) is 4.30. The van der Waals surface area contributed by atoms with Crippen LogP contribution in [0.5, 0.6) is 0 Å². The zero-order chi connectivity index (χ0) is 19.3. The molecule has 0 aromatic carbocycles. The highest BCUT2D eigenvalue weighted by Crippen LogP contribution is 2.22. The van der Waals surface area contributed by atoms with Crippen LogP contribution in [0.25, 0.3) is 0 Å². The number of ether oxygens (including phenoxy) is 1. The minimum absolute atomic E-state index is 0.0144. The molecule has 7 nitrogen and oxygen atoms in total. The van der Waals surface area contributed by atoms with Gasteiger partial charge in [0, 0.05) is 13.6 Å². The Morgan fingerprint density at radius 1 is 1.36 bits per heavy atom. The van der Waals surface area contributed by atoms with E-state index in [0.717, 1.165) is 31.3 Å². The van der Waals surface area contributed by atoms with E-state index in [1.165, 1.54) is 11.9 Å². The van der Waals surface area contributed by atoms with E-state index in [9.17, 15) is 19.5 Å². The highest BCUT2D eigenvalue weighted by molar-refractivity contribution is 5.79. The molecule has 1 aliphatic rings. The van der Waals surface area contributed by atoms with Crippen LogP contribution in [0.4, 0.5) is 4.79 Å². The Balaban J connectivity index is 2.83. The molecule has 0 heterocycles. The predicted molar refractivity (Wildman–Crippen MR) is 94.4 cm³/mol. The quantitative estimate of drug-likeness (QED) is 0.538. The van der Waals surface area contributed by atoms with Crippen LogP contribution < -0.4 is 5.32 Å². The van der Waals surface area contributed by atoms with Crippen LogP contribution in [0.3, 0.4) is 0 Å². The number of carboxylic acids is 1. The normalized spacial score (nSPS) is 18.5. The summed E-state index contributed by atoms with van der Waals surface area (Å²) in [6, 6.07) is -0.855. The van der Waals surface area contributed by atoms with Crippen LogP contribution >= 0.6 is 0 Å². The van der Waals surface area contributed by atoms with Gasteiger partial charge in [0.2, 0.25) is 0 Å². The van der Waals surface area contributed by atoms with Crippen LogP contribution in [0.1, 0.15) is 53.4 Å². The second kappa shape index (κ2) is 8.47. The first-order valence-corrected chi connectivity index (χ1v) is 8.58. The lowest BCUT2D eigenvalue weighted by atomic mass is 9.93. The fourth-order valence-corrected chi connectivity index (χ4v) is 2.59. The molecule has 1 amide bonds. The lowest BCUT2D eigenvalue weighted by Crippen LogP contribution is -2.58. The molecular formula is C18H30N2O5. The van der Waals surface area contributed by atoms with E-state index in [1.54, 1.807) is 27.7 Å². The van der Waals surface area contributed by atoms with E-state index in [4.69, 9.17) is 4.74 Å². The number of aldehydes is 1. The molecule has 1 aliphatic carbocycles. The molecule has 142 valence electrons. The molecule has 2 unspecified atom stereocenters. The van der Waals surface area contributed by atoms with E-state index in [-0.39, 0.29) is 6.54 Å². The van der Waals surface area contributed by atoms with Gasteiger partial charge >= 0.3 is 12.1 Å². The standard InChI is InChI=1S/C18H30N2O5/c1-17(2,3)25-16(24)20(5)18(4,12-21)11-19-14(15(22)23)13-9-7-6-8-10-13/h9,12,14,19H,6-8,10-11H2,1-5H3,(H,22,23). The van der Waals surface area contributed by atoms with Crippen molar-refractivity contribution in [2.24, 2.45) is 0 Å². The lowest BCUT2D eigenvalue weighted by molar-refractivity contribution is -0.138. The van der Waals surface area contributed by atoms with Crippen molar-refractivity contribution in [3.8, 4) is 0 Å². The minimum Gasteiger partial charge on any atom is -0.480 e. The number of carbonyl (C=O) groups excluding carboxylic acids is 2. The monoisotopic (exact) mass is 354 g/mol. The number of likely N-dealkylation sites (N-methyl/N-ethyl adjacent to an activating group) is 1. The van der Waals surface area contributed by atoms with Gasteiger partial charge in [0.25, 0.3) is 0 Å². The van der Waals surface area contributed by atoms with Crippen LogP contribution in [-0.2, 0) is 14.3 Å². The van der Waals surface area contributed by atoms with E-state index in [2.05, 4.69) is 5.32 Å². The van der Waals surface area contributed by atoms with Crippen molar-refractivity contribution < 1.29 is 24.2 Å². The van der Waals surface area contributed by atoms with Gasteiger partial charge in [-0.15, -0.1) is 0 Å². The highest BCUT2D eigenvalue weighted by atomic mass is 16.6. The molecule has 0 bridgehead atoms. The minimum atomic E-state index is -1.22. The fourth-order valence-electron chi connectivity index (χ4n) is 2.59. The molecule has 2 N–H and O–H groups in total. The Morgan fingerprint density at radius 3 is 2.44 bits per heavy atom. The van der Waals surface area contributed by atoms with E-state index in [0.29, 0.717) is 6.29 Å². The summed E-state index contributed by atoms with van der Waals surface area (Å²) in [6.07, 6.45) is 5.56. The summed E-state index contributed by atoms with van der Waals surface area (Å²) in [6.45, 7) is 6.81. The van der Waals surface area contributed by atoms with Gasteiger partial charge in [0.05, 0.1) is 0 Å². The van der Waals surface area contributed by atoms with Gasteiger partial charge in [0.15, 0.2) is 0 Å². The summed E-state index contributed by atoms with van der Waals surface area (Å²) >= 11 is 0. The van der Waals surface area contributed by atoms with Gasteiger partial charge in [0.1, 0.15) is 23.5 Å². The summed E-state index contributed by atoms with van der Waals surface area (Å²) in [4.78, 5) is 36.7. The smallest absolute Gasteiger partial charge is 0.410 e. The highest BCUT2D eigenvalue weighted by Gasteiger charge is 2.36. The number of amides is 1. The van der Waals surface area contributed by atoms with Crippen molar-refractivity contribution in [3.63, 3.8) is 0 Å². The van der Waals surface area contributed by atoms with E-state index < -0.39 is 29.2 Å². The van der Waals surface area contributed by atoms with Gasteiger partial charge in [-0.25, -0.2) is 4.79 Å². The third kappa shape index (κ3) is 6.16. The predicted octanol–water partition coefficient (Wildman–Crippen LogP) is 2.35. The second-order valence-electron chi connectivity index (χ2n) is 7.69. The summed E-state index contributed by atoms with van der Waals surface area (Å²) in [5.74, 6) is -0.985. The van der Waals surface area contributed by atoms with Gasteiger partial charge in [-0.2, -0.15) is 0 Å². The average molecular weight is 354 g/mol. The van der Waals surface area contributed by atoms with Crippen molar-refractivity contribution in [2.45, 2.75) is 70.6 Å². The molecule has 25 heavy (non-hydrogen) atoms. The largest absolute Gasteiger partial charge is 0.480 e. The third-order valence-electron chi connectivity index (χ3n) is 4.30. The average Bonchev–Trinajstić information content (AvgIpc) is 2.53. The van der Waals surface area contributed by atoms with Crippen molar-refractivity contribution >= 4 is 18.3 Å². The first-order chi connectivity index (χ1) is 11.5. The van der Waals surface area contributed by atoms with Gasteiger partial charge in [-0.05, 0) is 59.0 Å². The molecule has 0 aromatic heterocycles. The summed E-state index contributed by atoms with van der Waals surface area (Å²) in [7, 11) is 1.47. The van der Waals surface area contributed by atoms with E-state index in [1.807, 2.05) is 6.08 Å². The van der Waals surface area contributed by atoms with Crippen molar-refractivity contribution in [1.29, 1.82) is 0 Å². The molecule has 0 radical (unpaired) electrons. The maximum atomic E-state index is 12.2. The number of nitrogens with zero attached hydrogens (tertiary/aromatic N) is 1. The Labute approximate surface area is 149 Å². The van der Waals surface area contributed by atoms with Gasteiger partial charge in [-0.3, -0.25) is 15.0 Å². The topological polar surface area (TPSA) is 95.9 Å². The summed E-state index contributed by atoms with van der Waals surface area (Å²) < 4.78 is 5.29. The van der Waals surface area contributed by atoms with Crippen molar-refractivity contribution in [2.75, 3.05) is 13.6 Å². The van der Waals surface area contributed by atoms with Crippen LogP contribution in [0.2, 0.25) is 0 Å². The van der Waals surface area contributed by atoms with Gasteiger partial charge in [-0.1, -0.05) is 6.08 Å². The fraction of sp³-hybridized carbons (Fsp3) is 0.722. The van der Waals surface area contributed by atoms with Crippen LogP contribution in [0.15, 0.2) is 11.6 Å². The maximum absolute atomic E-state index is 12.2. The Kier molecular flexibility index (Phi) is 7.17. The number of nitrogens with one attached hydrogen (secondary N) is 1. The van der Waals surface area contributed by atoms with Crippen LogP contribution in [0, 0.1) is 0 Å². The van der Waals surface area contributed by atoms with E-state index >= 15 is 0 Å². The summed E-state index contributed by atoms with van der Waals surface area (Å²) in [5, 5.41) is 12.4. The van der Waals surface area contributed by atoms with Crippen LogP contribution in [-0.4, -0.2) is 59.1 Å². The first kappa shape index (κ1) is 21.2. The molecule has 0 saturated heterocycles. The molecule has 0 aliphatic heterocycles. The second-order valence-corrected chi connectivity index (χ2v) is 7.69. The number of hydrogen-bond acceptors (Lipinski definition) is 5. The Morgan fingerprint density at radius 2 is 2.00 bits per heavy atom. The van der Waals surface area contributed by atoms with Gasteiger partial charge < -0.3 is 14.6 Å². The molecule has 2 atom stereocenters. The molecule has 7 heteroatoms. The number of hydrogen-bond donors (Lipinski definition) is 2. The Hall–Kier alpha value is -1.89. The Bertz CT molecular complexity index is 538. The molecule has 0 spiro atoms. The molecule has 1 rings (SSSR count). The van der Waals surface area contributed by atoms with Crippen molar-refractivity contribution in [1.82, 2.24) is 10.2 Å². The number of aliphatic carboxylic acids is 1. The number of carboxylic acid groups (broad SMARTS) is 1. The number of allylic oxidation sites excluding steroid dienone is 1. The summed E-state index contributed by atoms with van der Waals surface area (Å²) in [5.41, 5.74) is -1.07. The SMILES string of the molecule is CN(C(=O)OC(C)(C)C)C(C)(C=O)CNC(C(=O)O)C1=CCCCC1. The zero-order valence-electron chi connectivity index (χ0n) is 15.8. The molecule has 0 fully saturated rings. The molecule has 0 saturated carbocycles. The number of carbonyl (C=O) groups is 3. The maximum Gasteiger partial charge on any atom is 0.410 e. The molecular weight excluding hydrogens is 324 g/mol. The van der Waals surface area contributed by atoms with Crippen molar-refractivity contribution in [3.05, 3.63) is 11.6 Å².